The van der Waals surface area contributed by atoms with Crippen LogP contribution < -0.4 is 4.90 Å². The second-order valence-electron chi connectivity index (χ2n) is 3.62. The van der Waals surface area contributed by atoms with Crippen molar-refractivity contribution in [2.75, 3.05) is 24.6 Å². The Morgan fingerprint density at radius 1 is 1.53 bits per heavy atom. The molecule has 0 aromatic carbocycles. The average molecular weight is 279 g/mol. The number of nitro groups is 1. The predicted molar refractivity (Wildman–Crippen MR) is 60.9 cm³/mol. The molecule has 0 radical (unpaired) electrons. The SMILES string of the molecule is CCN(CCO)c1cc(C(F)(F)F)ncc1[N+](=O)[O-]. The van der Waals surface area contributed by atoms with Gasteiger partial charge in [0.1, 0.15) is 17.6 Å². The molecule has 1 aromatic rings. The Labute approximate surface area is 106 Å². The summed E-state index contributed by atoms with van der Waals surface area (Å²) >= 11 is 0. The molecule has 1 rings (SSSR count). The molecule has 1 heterocycles. The van der Waals surface area contributed by atoms with E-state index in [4.69, 9.17) is 5.11 Å². The fourth-order valence-corrected chi connectivity index (χ4v) is 1.56. The van der Waals surface area contributed by atoms with Crippen molar-refractivity contribution in [3.05, 3.63) is 28.1 Å². The quantitative estimate of drug-likeness (QED) is 0.657. The molecule has 0 atom stereocenters. The zero-order valence-electron chi connectivity index (χ0n) is 10.0. The summed E-state index contributed by atoms with van der Waals surface area (Å²) in [4.78, 5) is 14.3. The van der Waals surface area contributed by atoms with Gasteiger partial charge in [-0.2, -0.15) is 13.2 Å². The number of aromatic nitrogens is 1. The molecule has 106 valence electrons. The van der Waals surface area contributed by atoms with Crippen molar-refractivity contribution in [1.29, 1.82) is 0 Å². The minimum atomic E-state index is -4.68. The van der Waals surface area contributed by atoms with Crippen molar-refractivity contribution < 1.29 is 23.2 Å². The number of hydrogen-bond donors (Lipinski definition) is 1. The van der Waals surface area contributed by atoms with E-state index in [-0.39, 0.29) is 25.4 Å². The summed E-state index contributed by atoms with van der Waals surface area (Å²) in [7, 11) is 0. The van der Waals surface area contributed by atoms with Crippen LogP contribution in [0.2, 0.25) is 0 Å². The van der Waals surface area contributed by atoms with Crippen molar-refractivity contribution in [2.45, 2.75) is 13.1 Å². The van der Waals surface area contributed by atoms with Gasteiger partial charge in [0.25, 0.3) is 0 Å². The molecule has 6 nitrogen and oxygen atoms in total. The van der Waals surface area contributed by atoms with Gasteiger partial charge in [-0.1, -0.05) is 0 Å². The maximum absolute atomic E-state index is 12.6. The lowest BCUT2D eigenvalue weighted by molar-refractivity contribution is -0.384. The minimum absolute atomic E-state index is 0.00134. The average Bonchev–Trinajstić information content (AvgIpc) is 2.34. The van der Waals surface area contributed by atoms with Gasteiger partial charge in [0.05, 0.1) is 11.5 Å². The van der Waals surface area contributed by atoms with Crippen LogP contribution in [0.5, 0.6) is 0 Å². The molecule has 0 aliphatic heterocycles. The summed E-state index contributed by atoms with van der Waals surface area (Å²) in [5.41, 5.74) is -1.93. The Kier molecular flexibility index (Phi) is 4.65. The first kappa shape index (κ1) is 15.2. The second kappa shape index (κ2) is 5.83. The van der Waals surface area contributed by atoms with Crippen molar-refractivity contribution in [2.24, 2.45) is 0 Å². The third kappa shape index (κ3) is 3.53. The smallest absolute Gasteiger partial charge is 0.395 e. The molecule has 0 unspecified atom stereocenters. The number of pyridine rings is 1. The van der Waals surface area contributed by atoms with Crippen LogP contribution in [0.4, 0.5) is 24.5 Å². The molecule has 19 heavy (non-hydrogen) atoms. The van der Waals surface area contributed by atoms with Gasteiger partial charge in [-0.15, -0.1) is 0 Å². The van der Waals surface area contributed by atoms with Crippen molar-refractivity contribution in [3.63, 3.8) is 0 Å². The van der Waals surface area contributed by atoms with E-state index >= 15 is 0 Å². The van der Waals surface area contributed by atoms with Crippen LogP contribution in [0.25, 0.3) is 0 Å². The van der Waals surface area contributed by atoms with Gasteiger partial charge in [-0.3, -0.25) is 10.1 Å². The van der Waals surface area contributed by atoms with Crippen LogP contribution >= 0.6 is 0 Å². The molecule has 0 fully saturated rings. The Morgan fingerprint density at radius 3 is 2.58 bits per heavy atom. The molecule has 0 spiro atoms. The van der Waals surface area contributed by atoms with Crippen LogP contribution in [0.1, 0.15) is 12.6 Å². The molecule has 1 N–H and O–H groups in total. The van der Waals surface area contributed by atoms with Crippen LogP contribution in [-0.4, -0.2) is 34.7 Å². The van der Waals surface area contributed by atoms with Crippen molar-refractivity contribution in [1.82, 2.24) is 4.98 Å². The molecular weight excluding hydrogens is 267 g/mol. The number of anilines is 1. The molecule has 0 bridgehead atoms. The van der Waals surface area contributed by atoms with Gasteiger partial charge in [-0.25, -0.2) is 4.98 Å². The number of likely N-dealkylation sites (N-methyl/N-ethyl adjacent to an activating group) is 1. The van der Waals surface area contributed by atoms with Gasteiger partial charge in [0, 0.05) is 13.1 Å². The highest BCUT2D eigenvalue weighted by atomic mass is 19.4. The Morgan fingerprint density at radius 2 is 2.16 bits per heavy atom. The molecule has 0 aliphatic carbocycles. The van der Waals surface area contributed by atoms with Gasteiger partial charge >= 0.3 is 11.9 Å². The van der Waals surface area contributed by atoms with Crippen molar-refractivity contribution in [3.8, 4) is 0 Å². The summed E-state index contributed by atoms with van der Waals surface area (Å²) in [5, 5.41) is 19.6. The Bertz CT molecular complexity index is 465. The highest BCUT2D eigenvalue weighted by Crippen LogP contribution is 2.34. The normalized spacial score (nSPS) is 11.4. The first-order valence-electron chi connectivity index (χ1n) is 5.38. The maximum atomic E-state index is 12.6. The van der Waals surface area contributed by atoms with E-state index in [1.807, 2.05) is 0 Å². The fraction of sp³-hybridized carbons (Fsp3) is 0.500. The first-order chi connectivity index (χ1) is 8.81. The summed E-state index contributed by atoms with van der Waals surface area (Å²) in [6.45, 7) is 1.52. The lowest BCUT2D eigenvalue weighted by Crippen LogP contribution is -2.27. The van der Waals surface area contributed by atoms with Crippen LogP contribution in [0.15, 0.2) is 12.3 Å². The lowest BCUT2D eigenvalue weighted by Gasteiger charge is -2.22. The largest absolute Gasteiger partial charge is 0.433 e. The van der Waals surface area contributed by atoms with E-state index in [1.165, 1.54) is 4.90 Å². The summed E-state index contributed by atoms with van der Waals surface area (Å²) < 4.78 is 37.7. The van der Waals surface area contributed by atoms with E-state index in [2.05, 4.69) is 4.98 Å². The van der Waals surface area contributed by atoms with Gasteiger partial charge in [-0.05, 0) is 13.0 Å². The van der Waals surface area contributed by atoms with Crippen LogP contribution in [0, 0.1) is 10.1 Å². The number of nitrogens with zero attached hydrogens (tertiary/aromatic N) is 3. The van der Waals surface area contributed by atoms with E-state index in [1.54, 1.807) is 6.92 Å². The Balaban J connectivity index is 3.33. The minimum Gasteiger partial charge on any atom is -0.395 e. The van der Waals surface area contributed by atoms with E-state index < -0.39 is 22.5 Å². The molecule has 0 saturated heterocycles. The summed E-state index contributed by atoms with van der Waals surface area (Å²) in [6, 6.07) is 0.622. The molecular formula is C10H12F3N3O3. The number of hydrogen-bond acceptors (Lipinski definition) is 5. The zero-order valence-corrected chi connectivity index (χ0v) is 10.0. The molecule has 9 heteroatoms. The number of aliphatic hydroxyl groups is 1. The molecule has 0 saturated carbocycles. The molecule has 1 aromatic heterocycles. The van der Waals surface area contributed by atoms with Gasteiger partial charge in [0.2, 0.25) is 0 Å². The molecule has 0 amide bonds. The number of aliphatic hydroxyl groups excluding tert-OH is 1. The monoisotopic (exact) mass is 279 g/mol. The highest BCUT2D eigenvalue weighted by molar-refractivity contribution is 5.63. The van der Waals surface area contributed by atoms with E-state index in [0.717, 1.165) is 0 Å². The Hall–Kier alpha value is -1.90. The van der Waals surface area contributed by atoms with Crippen LogP contribution in [0.3, 0.4) is 0 Å². The maximum Gasteiger partial charge on any atom is 0.433 e. The number of rotatable bonds is 5. The standard InChI is InChI=1S/C10H12F3N3O3/c1-2-15(3-4-17)7-5-9(10(11,12)13)14-6-8(7)16(18)19/h5-6,17H,2-4H2,1H3. The van der Waals surface area contributed by atoms with E-state index in [9.17, 15) is 23.3 Å². The van der Waals surface area contributed by atoms with Crippen molar-refractivity contribution >= 4 is 11.4 Å². The fourth-order valence-electron chi connectivity index (χ4n) is 1.56. The zero-order chi connectivity index (χ0) is 14.6. The van der Waals surface area contributed by atoms with Crippen LogP contribution in [-0.2, 0) is 6.18 Å². The summed E-state index contributed by atoms with van der Waals surface area (Å²) in [6.07, 6.45) is -4.10. The first-order valence-corrected chi connectivity index (χ1v) is 5.38. The van der Waals surface area contributed by atoms with E-state index in [0.29, 0.717) is 12.3 Å². The predicted octanol–water partition coefficient (Wildman–Crippen LogP) is 1.83. The second-order valence-corrected chi connectivity index (χ2v) is 3.62. The summed E-state index contributed by atoms with van der Waals surface area (Å²) in [5.74, 6) is 0. The highest BCUT2D eigenvalue weighted by Gasteiger charge is 2.35. The van der Waals surface area contributed by atoms with Gasteiger partial charge < -0.3 is 10.0 Å². The topological polar surface area (TPSA) is 79.5 Å². The third-order valence-electron chi connectivity index (χ3n) is 2.44. The lowest BCUT2D eigenvalue weighted by atomic mass is 10.2. The van der Waals surface area contributed by atoms with Gasteiger partial charge in [0.15, 0.2) is 0 Å². The number of halogens is 3. The number of alkyl halides is 3. The molecule has 0 aliphatic rings. The third-order valence-corrected chi connectivity index (χ3v) is 2.44.